The molecule has 1 fully saturated rings. The summed E-state index contributed by atoms with van der Waals surface area (Å²) in [5.41, 5.74) is 2.31. The Kier molecular flexibility index (Phi) is 6.04. The Bertz CT molecular complexity index is 1290. The van der Waals surface area contributed by atoms with Crippen LogP contribution in [0, 0.1) is 5.41 Å². The number of carbonyl (C=O) groups is 2. The molecular formula is C24H21ClN4O2S. The Labute approximate surface area is 195 Å². The molecule has 2 aromatic carbocycles. The molecule has 8 heteroatoms. The van der Waals surface area contributed by atoms with Crippen molar-refractivity contribution in [3.8, 4) is 0 Å². The Hall–Kier alpha value is -3.16. The van der Waals surface area contributed by atoms with Gasteiger partial charge >= 0.3 is 0 Å². The molecule has 1 aromatic heterocycles. The Morgan fingerprint density at radius 3 is 2.78 bits per heavy atom. The molecule has 4 rings (SSSR count). The fourth-order valence-electron chi connectivity index (χ4n) is 2.92. The van der Waals surface area contributed by atoms with Crippen molar-refractivity contribution in [3.63, 3.8) is 0 Å². The third-order valence-electron chi connectivity index (χ3n) is 4.68. The summed E-state index contributed by atoms with van der Waals surface area (Å²) in [5.74, 6) is -0.342. The van der Waals surface area contributed by atoms with Crippen LogP contribution in [0.5, 0.6) is 0 Å². The van der Waals surface area contributed by atoms with Crippen LogP contribution in [-0.2, 0) is 9.59 Å². The van der Waals surface area contributed by atoms with Gasteiger partial charge in [-0.3, -0.25) is 14.6 Å². The maximum absolute atomic E-state index is 12.5. The number of carbonyl (C=O) groups excluding carboxylic acids is 2. The van der Waals surface area contributed by atoms with Gasteiger partial charge in [0, 0.05) is 22.7 Å². The van der Waals surface area contributed by atoms with Crippen molar-refractivity contribution in [1.82, 2.24) is 10.3 Å². The molecule has 162 valence electrons. The lowest BCUT2D eigenvalue weighted by molar-refractivity contribution is -0.123. The summed E-state index contributed by atoms with van der Waals surface area (Å²) in [7, 11) is 0. The molecule has 32 heavy (non-hydrogen) atoms. The van der Waals surface area contributed by atoms with Crippen molar-refractivity contribution in [2.45, 2.75) is 20.8 Å². The second-order valence-electron chi connectivity index (χ2n) is 8.31. The fourth-order valence-corrected chi connectivity index (χ4v) is 3.91. The number of nitrogens with one attached hydrogen (secondary N) is 2. The Morgan fingerprint density at radius 2 is 2.00 bits per heavy atom. The zero-order chi connectivity index (χ0) is 22.9. The van der Waals surface area contributed by atoms with Gasteiger partial charge in [0.05, 0.1) is 21.1 Å². The number of anilines is 1. The molecule has 0 unspecified atom stereocenters. The number of amides is 2. The molecule has 0 spiro atoms. The van der Waals surface area contributed by atoms with E-state index in [1.54, 1.807) is 24.4 Å². The first-order valence-electron chi connectivity index (χ1n) is 9.94. The van der Waals surface area contributed by atoms with Crippen LogP contribution in [0.2, 0.25) is 5.02 Å². The molecule has 1 aliphatic rings. The molecule has 0 bridgehead atoms. The Balaban J connectivity index is 1.57. The predicted molar refractivity (Wildman–Crippen MR) is 132 cm³/mol. The quantitative estimate of drug-likeness (QED) is 0.482. The van der Waals surface area contributed by atoms with Crippen LogP contribution in [0.4, 0.5) is 11.4 Å². The second-order valence-corrected chi connectivity index (χ2v) is 9.75. The predicted octanol–water partition coefficient (Wildman–Crippen LogP) is 5.76. The van der Waals surface area contributed by atoms with E-state index in [4.69, 9.17) is 11.6 Å². The topological polar surface area (TPSA) is 83.5 Å². The van der Waals surface area contributed by atoms with Gasteiger partial charge < -0.3 is 10.6 Å². The summed E-state index contributed by atoms with van der Waals surface area (Å²) < 4.78 is 0. The van der Waals surface area contributed by atoms with E-state index in [1.807, 2.05) is 57.2 Å². The van der Waals surface area contributed by atoms with Crippen LogP contribution in [0.1, 0.15) is 26.3 Å². The fraction of sp³-hybridized carbons (Fsp3) is 0.167. The van der Waals surface area contributed by atoms with Crippen LogP contribution >= 0.6 is 23.4 Å². The SMILES string of the molecule is CC(C)(C)C(=O)Nc1ccc(Cl)c(N=C2NC(=O)C(=Cc3ccc4ncccc4c3)S2)c1. The number of benzene rings is 2. The van der Waals surface area contributed by atoms with Crippen molar-refractivity contribution in [1.29, 1.82) is 0 Å². The van der Waals surface area contributed by atoms with E-state index in [0.717, 1.165) is 16.5 Å². The van der Waals surface area contributed by atoms with E-state index in [2.05, 4.69) is 20.6 Å². The van der Waals surface area contributed by atoms with Crippen molar-refractivity contribution in [2.75, 3.05) is 5.32 Å². The van der Waals surface area contributed by atoms with Crippen LogP contribution < -0.4 is 10.6 Å². The normalized spacial score (nSPS) is 16.6. The molecule has 1 aliphatic heterocycles. The molecule has 3 aromatic rings. The number of nitrogens with zero attached hydrogens (tertiary/aromatic N) is 2. The second kappa shape index (κ2) is 8.76. The molecule has 0 saturated carbocycles. The minimum Gasteiger partial charge on any atom is -0.326 e. The number of pyridine rings is 1. The standard InChI is InChI=1S/C24H21ClN4O2S/c1-24(2,3)22(31)27-16-7-8-17(25)19(13-16)28-23-29-21(30)20(32-23)12-14-6-9-18-15(11-14)5-4-10-26-18/h4-13H,1-3H3,(H,27,31)(H,28,29,30). The first kappa shape index (κ1) is 22.0. The first-order chi connectivity index (χ1) is 15.2. The number of halogens is 1. The van der Waals surface area contributed by atoms with E-state index in [0.29, 0.717) is 26.5 Å². The molecule has 2 heterocycles. The molecule has 1 saturated heterocycles. The van der Waals surface area contributed by atoms with E-state index in [-0.39, 0.29) is 11.8 Å². The van der Waals surface area contributed by atoms with Gasteiger partial charge in [0.15, 0.2) is 5.17 Å². The van der Waals surface area contributed by atoms with Crippen LogP contribution in [0.25, 0.3) is 17.0 Å². The summed E-state index contributed by atoms with van der Waals surface area (Å²) in [5, 5.41) is 7.47. The van der Waals surface area contributed by atoms with Crippen LogP contribution in [0.3, 0.4) is 0 Å². The van der Waals surface area contributed by atoms with Gasteiger partial charge in [-0.05, 0) is 59.8 Å². The lowest BCUT2D eigenvalue weighted by atomic mass is 9.95. The van der Waals surface area contributed by atoms with E-state index >= 15 is 0 Å². The number of amidine groups is 1. The average molecular weight is 465 g/mol. The van der Waals surface area contributed by atoms with Gasteiger partial charge in [0.1, 0.15) is 0 Å². The number of aromatic nitrogens is 1. The average Bonchev–Trinajstić information content (AvgIpc) is 3.08. The zero-order valence-electron chi connectivity index (χ0n) is 17.8. The number of fused-ring (bicyclic) bond motifs is 1. The minimum absolute atomic E-state index is 0.113. The van der Waals surface area contributed by atoms with Gasteiger partial charge in [-0.2, -0.15) is 0 Å². The largest absolute Gasteiger partial charge is 0.326 e. The first-order valence-corrected chi connectivity index (χ1v) is 11.1. The van der Waals surface area contributed by atoms with Gasteiger partial charge in [0.2, 0.25) is 5.91 Å². The summed E-state index contributed by atoms with van der Waals surface area (Å²) in [6, 6.07) is 14.8. The molecule has 6 nitrogen and oxygen atoms in total. The molecule has 2 N–H and O–H groups in total. The molecule has 0 aliphatic carbocycles. The molecular weight excluding hydrogens is 444 g/mol. The summed E-state index contributed by atoms with van der Waals surface area (Å²) in [6.45, 7) is 5.51. The highest BCUT2D eigenvalue weighted by molar-refractivity contribution is 8.18. The van der Waals surface area contributed by atoms with Gasteiger partial charge in [-0.15, -0.1) is 0 Å². The number of hydrogen-bond donors (Lipinski definition) is 2. The van der Waals surface area contributed by atoms with E-state index in [1.165, 1.54) is 11.8 Å². The highest BCUT2D eigenvalue weighted by atomic mass is 35.5. The molecule has 0 radical (unpaired) electrons. The third kappa shape index (κ3) is 5.00. The minimum atomic E-state index is -0.528. The highest BCUT2D eigenvalue weighted by Gasteiger charge is 2.25. The summed E-state index contributed by atoms with van der Waals surface area (Å²) in [6.07, 6.45) is 3.56. The van der Waals surface area contributed by atoms with Crippen molar-refractivity contribution < 1.29 is 9.59 Å². The molecule has 0 atom stereocenters. The lowest BCUT2D eigenvalue weighted by Crippen LogP contribution is -2.27. The lowest BCUT2D eigenvalue weighted by Gasteiger charge is -2.18. The number of hydrogen-bond acceptors (Lipinski definition) is 5. The summed E-state index contributed by atoms with van der Waals surface area (Å²) >= 11 is 7.53. The van der Waals surface area contributed by atoms with Gasteiger partial charge in [0.25, 0.3) is 5.91 Å². The van der Waals surface area contributed by atoms with Crippen molar-refractivity contribution >= 4 is 68.7 Å². The third-order valence-corrected chi connectivity index (χ3v) is 5.91. The Morgan fingerprint density at radius 1 is 1.19 bits per heavy atom. The van der Waals surface area contributed by atoms with E-state index in [9.17, 15) is 9.59 Å². The number of aliphatic imine (C=N–C) groups is 1. The van der Waals surface area contributed by atoms with Crippen LogP contribution in [0.15, 0.2) is 64.6 Å². The van der Waals surface area contributed by atoms with Gasteiger partial charge in [-0.25, -0.2) is 4.99 Å². The van der Waals surface area contributed by atoms with Gasteiger partial charge in [-0.1, -0.05) is 44.5 Å². The smallest absolute Gasteiger partial charge is 0.264 e. The van der Waals surface area contributed by atoms with E-state index < -0.39 is 5.41 Å². The van der Waals surface area contributed by atoms with Crippen LogP contribution in [-0.4, -0.2) is 22.0 Å². The maximum atomic E-state index is 12.5. The number of thioether (sulfide) groups is 1. The van der Waals surface area contributed by atoms with Crippen molar-refractivity contribution in [3.05, 3.63) is 70.2 Å². The highest BCUT2D eigenvalue weighted by Crippen LogP contribution is 2.33. The van der Waals surface area contributed by atoms with Crippen molar-refractivity contribution in [2.24, 2.45) is 10.4 Å². The summed E-state index contributed by atoms with van der Waals surface area (Å²) in [4.78, 5) is 34.1. The molecule has 2 amide bonds. The maximum Gasteiger partial charge on any atom is 0.264 e. The zero-order valence-corrected chi connectivity index (χ0v) is 19.3. The monoisotopic (exact) mass is 464 g/mol. The number of rotatable bonds is 3.